The zero-order valence-electron chi connectivity index (χ0n) is 14.2. The number of para-hydroxylation sites is 1. The highest BCUT2D eigenvalue weighted by atomic mass is 16.1. The quantitative estimate of drug-likeness (QED) is 0.835. The van der Waals surface area contributed by atoms with Crippen LogP contribution in [0.5, 0.6) is 0 Å². The van der Waals surface area contributed by atoms with Gasteiger partial charge in [0.15, 0.2) is 0 Å². The molecule has 1 aromatic heterocycles. The molecule has 1 aliphatic heterocycles. The summed E-state index contributed by atoms with van der Waals surface area (Å²) in [5.41, 5.74) is 4.85. The predicted octanol–water partition coefficient (Wildman–Crippen LogP) is 4.13. The average Bonchev–Trinajstić information content (AvgIpc) is 2.98. The summed E-state index contributed by atoms with van der Waals surface area (Å²) in [6.07, 6.45) is 10.3. The van der Waals surface area contributed by atoms with E-state index in [1.54, 1.807) is 0 Å². The van der Waals surface area contributed by atoms with Crippen LogP contribution in [-0.2, 0) is 4.79 Å². The van der Waals surface area contributed by atoms with Crippen LogP contribution in [0.4, 0.5) is 11.4 Å². The number of nitrogens with one attached hydrogen (secondary N) is 2. The summed E-state index contributed by atoms with van der Waals surface area (Å²) in [5.74, 6) is 0.0340. The second kappa shape index (κ2) is 6.74. The zero-order chi connectivity index (χ0) is 17.1. The topological polar surface area (TPSA) is 59.0 Å². The fourth-order valence-corrected chi connectivity index (χ4v) is 2.80. The summed E-state index contributed by atoms with van der Waals surface area (Å²) in [7, 11) is 0. The number of nitrogens with zero attached hydrogens (tertiary/aromatic N) is 2. The van der Waals surface area contributed by atoms with Crippen LogP contribution < -0.4 is 10.6 Å². The maximum atomic E-state index is 11.9. The van der Waals surface area contributed by atoms with Crippen molar-refractivity contribution in [1.29, 1.82) is 0 Å². The molecule has 1 aliphatic rings. The highest BCUT2D eigenvalue weighted by Crippen LogP contribution is 2.36. The number of hydrogen-bond acceptors (Lipinski definition) is 3. The first kappa shape index (κ1) is 16.1. The molecule has 0 radical (unpaired) electrons. The molecule has 2 aromatic rings. The van der Waals surface area contributed by atoms with Gasteiger partial charge in [-0.2, -0.15) is 5.10 Å². The van der Waals surface area contributed by atoms with Crippen LogP contribution in [0, 0.1) is 0 Å². The number of benzene rings is 1. The van der Waals surface area contributed by atoms with Gasteiger partial charge in [0, 0.05) is 35.5 Å². The molecule has 0 saturated heterocycles. The number of fused-ring (bicyclic) bond motifs is 1. The summed E-state index contributed by atoms with van der Waals surface area (Å²) < 4.78 is 1.85. The highest BCUT2D eigenvalue weighted by molar-refractivity contribution is 6.00. The van der Waals surface area contributed by atoms with E-state index in [2.05, 4.69) is 15.7 Å². The monoisotopic (exact) mass is 322 g/mol. The molecule has 0 unspecified atom stereocenters. The van der Waals surface area contributed by atoms with Gasteiger partial charge in [-0.1, -0.05) is 24.3 Å². The van der Waals surface area contributed by atoms with Crippen LogP contribution in [0.2, 0.25) is 0 Å². The third-order valence-corrected chi connectivity index (χ3v) is 4.01. The third kappa shape index (κ3) is 3.25. The van der Waals surface area contributed by atoms with Crippen molar-refractivity contribution in [2.45, 2.75) is 33.2 Å². The minimum atomic E-state index is 0.0340. The van der Waals surface area contributed by atoms with Crippen LogP contribution in [0.3, 0.4) is 0 Å². The average molecular weight is 322 g/mol. The molecule has 0 fully saturated rings. The van der Waals surface area contributed by atoms with Crippen LogP contribution in [0.15, 0.2) is 48.8 Å². The summed E-state index contributed by atoms with van der Waals surface area (Å²) in [4.78, 5) is 11.9. The smallest absolute Gasteiger partial charge is 0.226 e. The predicted molar refractivity (Wildman–Crippen MR) is 98.8 cm³/mol. The second-order valence-corrected chi connectivity index (χ2v) is 6.03. The fourth-order valence-electron chi connectivity index (χ4n) is 2.80. The van der Waals surface area contributed by atoms with Gasteiger partial charge >= 0.3 is 0 Å². The first-order valence-electron chi connectivity index (χ1n) is 8.13. The Morgan fingerprint density at radius 3 is 3.04 bits per heavy atom. The zero-order valence-corrected chi connectivity index (χ0v) is 14.2. The Labute approximate surface area is 142 Å². The van der Waals surface area contributed by atoms with Crippen molar-refractivity contribution in [1.82, 2.24) is 9.78 Å². The molecule has 1 aromatic carbocycles. The Morgan fingerprint density at radius 1 is 1.42 bits per heavy atom. The van der Waals surface area contributed by atoms with E-state index in [1.807, 2.05) is 74.3 Å². The van der Waals surface area contributed by atoms with E-state index >= 15 is 0 Å². The molecular formula is C19H22N4O. The van der Waals surface area contributed by atoms with Gasteiger partial charge < -0.3 is 10.6 Å². The normalized spacial score (nSPS) is 18.0. The van der Waals surface area contributed by atoms with Gasteiger partial charge in [0.05, 0.1) is 17.6 Å². The first-order valence-corrected chi connectivity index (χ1v) is 8.13. The third-order valence-electron chi connectivity index (χ3n) is 4.01. The van der Waals surface area contributed by atoms with Crippen LogP contribution >= 0.6 is 0 Å². The molecule has 3 rings (SSSR count). The van der Waals surface area contributed by atoms with Gasteiger partial charge in [0.1, 0.15) is 0 Å². The van der Waals surface area contributed by atoms with Crippen molar-refractivity contribution in [3.8, 4) is 11.1 Å². The molecule has 0 bridgehead atoms. The number of amides is 1. The molecule has 2 N–H and O–H groups in total. The van der Waals surface area contributed by atoms with Crippen LogP contribution in [-0.4, -0.2) is 21.7 Å². The van der Waals surface area contributed by atoms with Crippen molar-refractivity contribution in [3.05, 3.63) is 48.8 Å². The minimum Gasteiger partial charge on any atom is -0.380 e. The summed E-state index contributed by atoms with van der Waals surface area (Å²) >= 11 is 0. The summed E-state index contributed by atoms with van der Waals surface area (Å²) in [5, 5.41) is 10.9. The fraction of sp³-hybridized carbons (Fsp3) is 0.263. The largest absolute Gasteiger partial charge is 0.380 e. The molecule has 124 valence electrons. The van der Waals surface area contributed by atoms with Gasteiger partial charge in [-0.25, -0.2) is 4.68 Å². The van der Waals surface area contributed by atoms with Crippen molar-refractivity contribution < 1.29 is 4.79 Å². The second-order valence-electron chi connectivity index (χ2n) is 6.03. The number of allylic oxidation sites excluding steroid dienone is 4. The molecule has 0 spiro atoms. The minimum absolute atomic E-state index is 0.0340. The molecule has 24 heavy (non-hydrogen) atoms. The molecule has 1 amide bonds. The van der Waals surface area contributed by atoms with Crippen molar-refractivity contribution in [3.63, 3.8) is 0 Å². The number of aromatic nitrogens is 2. The first-order chi connectivity index (χ1) is 11.6. The van der Waals surface area contributed by atoms with Gasteiger partial charge in [-0.3, -0.25) is 4.79 Å². The molecule has 5 heteroatoms. The Morgan fingerprint density at radius 2 is 2.25 bits per heavy atom. The maximum Gasteiger partial charge on any atom is 0.226 e. The van der Waals surface area contributed by atoms with Gasteiger partial charge in [0.2, 0.25) is 5.91 Å². The van der Waals surface area contributed by atoms with E-state index in [4.69, 9.17) is 0 Å². The maximum absolute atomic E-state index is 11.9. The Kier molecular flexibility index (Phi) is 4.51. The van der Waals surface area contributed by atoms with Gasteiger partial charge in [-0.15, -0.1) is 0 Å². The Bertz CT molecular complexity index is 817. The molecule has 5 nitrogen and oxygen atoms in total. The molecule has 0 aliphatic carbocycles. The van der Waals surface area contributed by atoms with E-state index in [9.17, 15) is 4.79 Å². The number of rotatable bonds is 3. The van der Waals surface area contributed by atoms with Crippen LogP contribution in [0.25, 0.3) is 16.8 Å². The lowest BCUT2D eigenvalue weighted by molar-refractivity contribution is -0.116. The number of anilines is 2. The van der Waals surface area contributed by atoms with Crippen molar-refractivity contribution >= 4 is 23.0 Å². The number of carbonyl (C=O) groups excluding carboxylic acids is 1. The van der Waals surface area contributed by atoms with Crippen molar-refractivity contribution in [2.24, 2.45) is 0 Å². The van der Waals surface area contributed by atoms with E-state index < -0.39 is 0 Å². The van der Waals surface area contributed by atoms with E-state index in [1.165, 1.54) is 0 Å². The SMILES string of the molecule is C/C=C\C=C(/C)n1cc(-c2cccc3c2N[C@H](C)CC(=O)N3)cn1. The lowest BCUT2D eigenvalue weighted by atomic mass is 10.1. The van der Waals surface area contributed by atoms with Crippen molar-refractivity contribution in [2.75, 3.05) is 10.6 Å². The standard InChI is InChI=1S/C19H22N4O/c1-4-5-7-14(3)23-12-15(11-20-23)16-8-6-9-17-19(16)21-13(2)10-18(24)22-17/h4-9,11-13,21H,10H2,1-3H3,(H,22,24)/b5-4-,14-7+/t13-/m1/s1. The number of carbonyl (C=O) groups is 1. The van der Waals surface area contributed by atoms with E-state index in [0.717, 1.165) is 28.2 Å². The Balaban J connectivity index is 2.01. The van der Waals surface area contributed by atoms with E-state index in [-0.39, 0.29) is 11.9 Å². The molecule has 2 heterocycles. The van der Waals surface area contributed by atoms with Crippen LogP contribution in [0.1, 0.15) is 27.2 Å². The Hall–Kier alpha value is -2.82. The van der Waals surface area contributed by atoms with Gasteiger partial charge in [-0.05, 0) is 32.9 Å². The number of hydrogen-bond donors (Lipinski definition) is 2. The van der Waals surface area contributed by atoms with Gasteiger partial charge in [0.25, 0.3) is 0 Å². The lowest BCUT2D eigenvalue weighted by Gasteiger charge is -2.15. The summed E-state index contributed by atoms with van der Waals surface area (Å²) in [6, 6.07) is 6.00. The molecule has 0 saturated carbocycles. The molecule has 1 atom stereocenters. The van der Waals surface area contributed by atoms with E-state index in [0.29, 0.717) is 6.42 Å². The summed E-state index contributed by atoms with van der Waals surface area (Å²) in [6.45, 7) is 6.01. The highest BCUT2D eigenvalue weighted by Gasteiger charge is 2.20. The lowest BCUT2D eigenvalue weighted by Crippen LogP contribution is -2.19. The molecular weight excluding hydrogens is 300 g/mol.